The smallest absolute Gasteiger partial charge is 0.229 e. The van der Waals surface area contributed by atoms with Gasteiger partial charge in [0.15, 0.2) is 5.13 Å². The van der Waals surface area contributed by atoms with Gasteiger partial charge in [-0.2, -0.15) is 0 Å². The Hall–Kier alpha value is -2.31. The number of nitrogens with one attached hydrogen (secondary N) is 1. The molecule has 1 aliphatic rings. The molecule has 1 aliphatic heterocycles. The third-order valence-corrected chi connectivity index (χ3v) is 6.16. The predicted molar refractivity (Wildman–Crippen MR) is 111 cm³/mol. The number of methoxy groups -OCH3 is 1. The highest BCUT2D eigenvalue weighted by molar-refractivity contribution is 7.22. The van der Waals surface area contributed by atoms with Gasteiger partial charge >= 0.3 is 0 Å². The van der Waals surface area contributed by atoms with Gasteiger partial charge in [0, 0.05) is 18.8 Å². The van der Waals surface area contributed by atoms with Gasteiger partial charge in [0.25, 0.3) is 0 Å². The van der Waals surface area contributed by atoms with Crippen LogP contribution in [0.5, 0.6) is 5.75 Å². The molecular formula is C20H20ClN3O2S. The average molecular weight is 402 g/mol. The minimum absolute atomic E-state index is 0.0158. The Labute approximate surface area is 166 Å². The second-order valence-corrected chi connectivity index (χ2v) is 8.00. The van der Waals surface area contributed by atoms with Crippen LogP contribution in [0.1, 0.15) is 12.8 Å². The number of hydrogen-bond donors (Lipinski definition) is 1. The number of nitrogens with zero attached hydrogens (tertiary/aromatic N) is 2. The lowest BCUT2D eigenvalue weighted by Crippen LogP contribution is -2.40. The minimum atomic E-state index is -0.0772. The Morgan fingerprint density at radius 2 is 2.19 bits per heavy atom. The molecule has 0 spiro atoms. The molecule has 0 aliphatic carbocycles. The lowest BCUT2D eigenvalue weighted by Gasteiger charge is -2.31. The molecule has 1 fully saturated rings. The van der Waals surface area contributed by atoms with E-state index in [1.807, 2.05) is 18.2 Å². The maximum Gasteiger partial charge on any atom is 0.229 e. The summed E-state index contributed by atoms with van der Waals surface area (Å²) in [4.78, 5) is 19.7. The topological polar surface area (TPSA) is 54.5 Å². The van der Waals surface area contributed by atoms with E-state index in [2.05, 4.69) is 16.3 Å². The summed E-state index contributed by atoms with van der Waals surface area (Å²) >= 11 is 7.83. The molecule has 1 aromatic heterocycles. The zero-order chi connectivity index (χ0) is 18.8. The normalized spacial score (nSPS) is 17.1. The quantitative estimate of drug-likeness (QED) is 0.681. The van der Waals surface area contributed by atoms with E-state index in [0.29, 0.717) is 23.0 Å². The van der Waals surface area contributed by atoms with Gasteiger partial charge in [-0.25, -0.2) is 4.98 Å². The van der Waals surface area contributed by atoms with Gasteiger partial charge in [-0.05, 0) is 43.2 Å². The van der Waals surface area contributed by atoms with E-state index in [4.69, 9.17) is 21.3 Å². The Bertz CT molecular complexity index is 942. The molecule has 1 atom stereocenters. The van der Waals surface area contributed by atoms with Crippen molar-refractivity contribution >= 4 is 49.9 Å². The summed E-state index contributed by atoms with van der Waals surface area (Å²) in [5, 5.41) is 4.45. The summed E-state index contributed by atoms with van der Waals surface area (Å²) in [5.74, 6) is 0.531. The number of benzene rings is 2. The van der Waals surface area contributed by atoms with E-state index < -0.39 is 0 Å². The molecule has 0 radical (unpaired) electrons. The van der Waals surface area contributed by atoms with Crippen molar-refractivity contribution in [2.45, 2.75) is 12.8 Å². The van der Waals surface area contributed by atoms with Crippen LogP contribution in [-0.2, 0) is 4.79 Å². The Balaban J connectivity index is 1.45. The van der Waals surface area contributed by atoms with Gasteiger partial charge in [-0.15, -0.1) is 0 Å². The molecule has 27 heavy (non-hydrogen) atoms. The summed E-state index contributed by atoms with van der Waals surface area (Å²) in [5.41, 5.74) is 1.69. The Morgan fingerprint density at radius 1 is 1.33 bits per heavy atom. The molecule has 5 nitrogen and oxygen atoms in total. The second-order valence-electron chi connectivity index (χ2n) is 6.59. The maximum atomic E-state index is 12.8. The van der Waals surface area contributed by atoms with Crippen molar-refractivity contribution in [3.8, 4) is 5.75 Å². The van der Waals surface area contributed by atoms with Crippen LogP contribution >= 0.6 is 22.9 Å². The van der Waals surface area contributed by atoms with Crippen molar-refractivity contribution in [3.05, 3.63) is 47.5 Å². The van der Waals surface area contributed by atoms with Gasteiger partial charge in [-0.1, -0.05) is 35.1 Å². The first kappa shape index (κ1) is 18.1. The van der Waals surface area contributed by atoms with E-state index in [0.717, 1.165) is 30.0 Å². The molecule has 0 saturated carbocycles. The SMILES string of the molecule is COc1ccc(NC(=O)C2CCCN(c3nc4ccccc4s3)C2)cc1Cl. The molecule has 1 amide bonds. The Morgan fingerprint density at radius 3 is 2.96 bits per heavy atom. The van der Waals surface area contributed by atoms with Crippen molar-refractivity contribution in [2.24, 2.45) is 5.92 Å². The van der Waals surface area contributed by atoms with Crippen molar-refractivity contribution in [3.63, 3.8) is 0 Å². The number of carbonyl (C=O) groups excluding carboxylic acids is 1. The lowest BCUT2D eigenvalue weighted by molar-refractivity contribution is -0.120. The highest BCUT2D eigenvalue weighted by Crippen LogP contribution is 2.32. The van der Waals surface area contributed by atoms with Crippen molar-refractivity contribution in [1.29, 1.82) is 0 Å². The number of anilines is 2. The molecule has 140 valence electrons. The minimum Gasteiger partial charge on any atom is -0.495 e. The van der Waals surface area contributed by atoms with Crippen molar-refractivity contribution in [1.82, 2.24) is 4.98 Å². The second kappa shape index (κ2) is 7.74. The first-order chi connectivity index (χ1) is 13.1. The van der Waals surface area contributed by atoms with Crippen LogP contribution in [0, 0.1) is 5.92 Å². The number of thiazole rings is 1. The third-order valence-electron chi connectivity index (χ3n) is 4.76. The zero-order valence-corrected chi connectivity index (χ0v) is 16.5. The number of fused-ring (bicyclic) bond motifs is 1. The standard InChI is InChI=1S/C20H20ClN3O2S/c1-26-17-9-8-14(11-15(17)21)22-19(25)13-5-4-10-24(12-13)20-23-16-6-2-3-7-18(16)27-20/h2-3,6-9,11,13H,4-5,10,12H2,1H3,(H,22,25). The third kappa shape index (κ3) is 3.87. The van der Waals surface area contributed by atoms with Crippen LogP contribution in [0.4, 0.5) is 10.8 Å². The van der Waals surface area contributed by atoms with Crippen LogP contribution in [0.3, 0.4) is 0 Å². The van der Waals surface area contributed by atoms with Crippen LogP contribution in [0.2, 0.25) is 5.02 Å². The van der Waals surface area contributed by atoms with Crippen LogP contribution in [0.25, 0.3) is 10.2 Å². The van der Waals surface area contributed by atoms with E-state index in [1.54, 1.807) is 36.6 Å². The number of para-hydroxylation sites is 1. The van der Waals surface area contributed by atoms with Crippen LogP contribution < -0.4 is 15.0 Å². The van der Waals surface area contributed by atoms with Gasteiger partial charge in [0.2, 0.25) is 5.91 Å². The fraction of sp³-hybridized carbons (Fsp3) is 0.300. The summed E-state index contributed by atoms with van der Waals surface area (Å²) in [6, 6.07) is 13.4. The van der Waals surface area contributed by atoms with E-state index in [9.17, 15) is 4.79 Å². The number of aromatic nitrogens is 1. The van der Waals surface area contributed by atoms with Crippen LogP contribution in [0.15, 0.2) is 42.5 Å². The Kier molecular flexibility index (Phi) is 5.18. The molecule has 3 aromatic rings. The number of hydrogen-bond acceptors (Lipinski definition) is 5. The molecule has 1 saturated heterocycles. The lowest BCUT2D eigenvalue weighted by atomic mass is 9.97. The summed E-state index contributed by atoms with van der Waals surface area (Å²) < 4.78 is 6.33. The van der Waals surface area contributed by atoms with Gasteiger partial charge < -0.3 is 15.0 Å². The first-order valence-electron chi connectivity index (χ1n) is 8.89. The van der Waals surface area contributed by atoms with Crippen LogP contribution in [-0.4, -0.2) is 31.1 Å². The number of ether oxygens (including phenoxy) is 1. The van der Waals surface area contributed by atoms with Crippen molar-refractivity contribution < 1.29 is 9.53 Å². The molecule has 1 N–H and O–H groups in total. The molecule has 1 unspecified atom stereocenters. The number of piperidine rings is 1. The molecule has 2 heterocycles. The van der Waals surface area contributed by atoms with Crippen molar-refractivity contribution in [2.75, 3.05) is 30.4 Å². The fourth-order valence-corrected chi connectivity index (χ4v) is 4.61. The maximum absolute atomic E-state index is 12.8. The molecular weight excluding hydrogens is 382 g/mol. The van der Waals surface area contributed by atoms with Gasteiger partial charge in [-0.3, -0.25) is 4.79 Å². The van der Waals surface area contributed by atoms with E-state index in [-0.39, 0.29) is 11.8 Å². The van der Waals surface area contributed by atoms with Gasteiger partial charge in [0.1, 0.15) is 5.75 Å². The highest BCUT2D eigenvalue weighted by Gasteiger charge is 2.27. The summed E-state index contributed by atoms with van der Waals surface area (Å²) in [6.07, 6.45) is 1.84. The molecule has 7 heteroatoms. The first-order valence-corrected chi connectivity index (χ1v) is 10.1. The van der Waals surface area contributed by atoms with E-state index >= 15 is 0 Å². The molecule has 0 bridgehead atoms. The number of amides is 1. The number of halogens is 1. The largest absolute Gasteiger partial charge is 0.495 e. The average Bonchev–Trinajstić information content (AvgIpc) is 3.12. The predicted octanol–water partition coefficient (Wildman–Crippen LogP) is 4.81. The molecule has 2 aromatic carbocycles. The number of rotatable bonds is 4. The fourth-order valence-electron chi connectivity index (χ4n) is 3.35. The number of carbonyl (C=O) groups is 1. The summed E-state index contributed by atoms with van der Waals surface area (Å²) in [7, 11) is 1.57. The molecule has 4 rings (SSSR count). The monoisotopic (exact) mass is 401 g/mol. The zero-order valence-electron chi connectivity index (χ0n) is 14.9. The van der Waals surface area contributed by atoms with E-state index in [1.165, 1.54) is 4.70 Å². The summed E-state index contributed by atoms with van der Waals surface area (Å²) in [6.45, 7) is 1.60. The van der Waals surface area contributed by atoms with Gasteiger partial charge in [0.05, 0.1) is 28.3 Å². The highest BCUT2D eigenvalue weighted by atomic mass is 35.5.